The summed E-state index contributed by atoms with van der Waals surface area (Å²) in [6.07, 6.45) is 3.71. The molecule has 8 heteroatoms. The Morgan fingerprint density at radius 3 is 2.21 bits per heavy atom. The molecule has 0 radical (unpaired) electrons. The van der Waals surface area contributed by atoms with Crippen molar-refractivity contribution in [2.24, 2.45) is 5.41 Å². The second-order valence-corrected chi connectivity index (χ2v) is 10.7. The van der Waals surface area contributed by atoms with Crippen LogP contribution in [-0.2, 0) is 0 Å². The number of para-hydroxylation sites is 1. The molecule has 4 aromatic rings. The zero-order valence-electron chi connectivity index (χ0n) is 22.5. The van der Waals surface area contributed by atoms with Crippen molar-refractivity contribution in [1.82, 2.24) is 0 Å². The van der Waals surface area contributed by atoms with Crippen LogP contribution in [0.4, 0.5) is 11.4 Å². The smallest absolute Gasteiger partial charge is 0.269 e. The molecule has 0 saturated carbocycles. The third kappa shape index (κ3) is 3.38. The van der Waals surface area contributed by atoms with Crippen molar-refractivity contribution in [3.63, 3.8) is 0 Å². The number of benzene rings is 4. The third-order valence-electron chi connectivity index (χ3n) is 8.80. The lowest BCUT2D eigenvalue weighted by atomic mass is 9.64. The number of nitro benzene ring substituents is 1. The number of nitrogens with zero attached hydrogens (tertiary/aromatic N) is 2. The minimum Gasteiger partial charge on any atom is -0.497 e. The Balaban J connectivity index is 1.54. The summed E-state index contributed by atoms with van der Waals surface area (Å²) in [5.41, 5.74) is 0.975. The highest BCUT2D eigenvalue weighted by Crippen LogP contribution is 2.61. The van der Waals surface area contributed by atoms with E-state index < -0.39 is 28.3 Å². The maximum Gasteiger partial charge on any atom is 0.269 e. The molecule has 0 aromatic heterocycles. The van der Waals surface area contributed by atoms with Gasteiger partial charge in [0.25, 0.3) is 5.69 Å². The normalized spacial score (nSPS) is 21.2. The Kier molecular flexibility index (Phi) is 5.69. The molecule has 2 heterocycles. The van der Waals surface area contributed by atoms with Crippen molar-refractivity contribution in [1.29, 1.82) is 0 Å². The zero-order valence-corrected chi connectivity index (χ0v) is 22.5. The number of ketones is 3. The van der Waals surface area contributed by atoms with E-state index in [2.05, 4.69) is 0 Å². The van der Waals surface area contributed by atoms with Crippen LogP contribution in [0.2, 0.25) is 0 Å². The van der Waals surface area contributed by atoms with E-state index in [1.54, 1.807) is 54.6 Å². The van der Waals surface area contributed by atoms with Gasteiger partial charge >= 0.3 is 0 Å². The number of hydrogen-bond donors (Lipinski definition) is 0. The average Bonchev–Trinajstić information content (AvgIpc) is 3.47. The van der Waals surface area contributed by atoms with Crippen LogP contribution in [-0.4, -0.2) is 41.5 Å². The minimum atomic E-state index is -1.73. The Bertz CT molecular complexity index is 1810. The monoisotopic (exact) mass is 556 g/mol. The van der Waals surface area contributed by atoms with Crippen LogP contribution in [0.1, 0.15) is 48.1 Å². The van der Waals surface area contributed by atoms with Crippen molar-refractivity contribution in [2.75, 3.05) is 12.0 Å². The molecule has 2 aliphatic heterocycles. The SMILES string of the molecule is COc1ccc(C(=O)[C@@H]2[C@@H](c3cccc([N+](=O)[O-])c3)C3(C(=O)c4ccccc4C3=O)[C@H]3C=Cc4ccccc4N23)cc1. The minimum absolute atomic E-state index is 0.186. The third-order valence-corrected chi connectivity index (χ3v) is 8.80. The summed E-state index contributed by atoms with van der Waals surface area (Å²) in [5.74, 6) is -1.53. The topological polar surface area (TPSA) is 107 Å². The van der Waals surface area contributed by atoms with E-state index in [0.717, 1.165) is 5.56 Å². The summed E-state index contributed by atoms with van der Waals surface area (Å²) in [6.45, 7) is 0. The van der Waals surface area contributed by atoms with E-state index in [9.17, 15) is 24.5 Å². The highest BCUT2D eigenvalue weighted by atomic mass is 16.6. The predicted octanol–water partition coefficient (Wildman–Crippen LogP) is 5.92. The molecule has 42 heavy (non-hydrogen) atoms. The molecule has 1 aliphatic carbocycles. The van der Waals surface area contributed by atoms with Crippen molar-refractivity contribution >= 4 is 34.8 Å². The molecule has 1 fully saturated rings. The standard InChI is InChI=1S/C34H24N2O6/c1-42-24-16-13-21(14-17-24)31(37)30-29(22-8-6-9-23(19-22)36(40)41)34(32(38)25-10-3-4-11-26(25)33(34)39)28-18-15-20-7-2-5-12-27(20)35(28)30/h2-19,28-30H,1H3/t28-,29-,30+/m1/s1. The Morgan fingerprint density at radius 2 is 1.55 bits per heavy atom. The first-order valence-corrected chi connectivity index (χ1v) is 13.5. The molecule has 3 atom stereocenters. The molecule has 0 N–H and O–H groups in total. The molecule has 0 bridgehead atoms. The highest BCUT2D eigenvalue weighted by Gasteiger charge is 2.71. The summed E-state index contributed by atoms with van der Waals surface area (Å²) in [4.78, 5) is 57.2. The van der Waals surface area contributed by atoms with Crippen molar-refractivity contribution in [3.8, 4) is 5.75 Å². The lowest BCUT2D eigenvalue weighted by molar-refractivity contribution is -0.384. The average molecular weight is 557 g/mol. The lowest BCUT2D eigenvalue weighted by Gasteiger charge is -2.37. The Labute approximate surface area is 241 Å². The van der Waals surface area contributed by atoms with Gasteiger partial charge in [-0.25, -0.2) is 0 Å². The van der Waals surface area contributed by atoms with Crippen molar-refractivity contribution < 1.29 is 24.0 Å². The quantitative estimate of drug-likeness (QED) is 0.130. The fraction of sp³-hybridized carbons (Fsp3) is 0.147. The van der Waals surface area contributed by atoms with E-state index in [1.165, 1.54) is 25.3 Å². The number of non-ortho nitro benzene ring substituents is 1. The molecule has 4 aromatic carbocycles. The van der Waals surface area contributed by atoms with Gasteiger partial charge in [-0.05, 0) is 41.5 Å². The number of nitro groups is 1. The van der Waals surface area contributed by atoms with Gasteiger partial charge in [0.05, 0.1) is 18.1 Å². The van der Waals surface area contributed by atoms with Gasteiger partial charge in [0, 0.05) is 40.4 Å². The summed E-state index contributed by atoms with van der Waals surface area (Å²) < 4.78 is 5.29. The summed E-state index contributed by atoms with van der Waals surface area (Å²) in [7, 11) is 1.53. The maximum atomic E-state index is 14.7. The number of ether oxygens (including phenoxy) is 1. The van der Waals surface area contributed by atoms with E-state index in [4.69, 9.17) is 4.74 Å². The highest BCUT2D eigenvalue weighted by molar-refractivity contribution is 6.32. The fourth-order valence-electron chi connectivity index (χ4n) is 7.05. The van der Waals surface area contributed by atoms with E-state index in [0.29, 0.717) is 33.7 Å². The van der Waals surface area contributed by atoms with E-state index in [1.807, 2.05) is 41.3 Å². The number of rotatable bonds is 5. The zero-order chi connectivity index (χ0) is 29.2. The number of fused-ring (bicyclic) bond motifs is 5. The first kappa shape index (κ1) is 25.6. The van der Waals surface area contributed by atoms with E-state index in [-0.39, 0.29) is 23.0 Å². The van der Waals surface area contributed by atoms with Gasteiger partial charge < -0.3 is 9.64 Å². The number of anilines is 1. The molecule has 206 valence electrons. The van der Waals surface area contributed by atoms with Crippen LogP contribution in [0.15, 0.2) is 103 Å². The van der Waals surface area contributed by atoms with Crippen LogP contribution in [0.5, 0.6) is 5.75 Å². The van der Waals surface area contributed by atoms with Crippen LogP contribution in [0.3, 0.4) is 0 Å². The first-order chi connectivity index (χ1) is 20.4. The molecule has 1 spiro atoms. The van der Waals surface area contributed by atoms with Crippen LogP contribution in [0.25, 0.3) is 6.08 Å². The molecule has 0 unspecified atom stereocenters. The number of Topliss-reactive ketones (excluding diaryl/α,β-unsaturated/α-hetero) is 3. The molecule has 1 saturated heterocycles. The number of carbonyl (C=O) groups is 3. The largest absolute Gasteiger partial charge is 0.497 e. The van der Waals surface area contributed by atoms with Crippen molar-refractivity contribution in [3.05, 3.63) is 141 Å². The summed E-state index contributed by atoms with van der Waals surface area (Å²) in [6, 6.07) is 25.0. The second kappa shape index (κ2) is 9.34. The van der Waals surface area contributed by atoms with Crippen LogP contribution >= 0.6 is 0 Å². The Hall–Kier alpha value is -5.37. The number of carbonyl (C=O) groups excluding carboxylic acids is 3. The van der Waals surface area contributed by atoms with E-state index >= 15 is 0 Å². The van der Waals surface area contributed by atoms with Gasteiger partial charge in [0.2, 0.25) is 0 Å². The van der Waals surface area contributed by atoms with Crippen molar-refractivity contribution in [2.45, 2.75) is 18.0 Å². The lowest BCUT2D eigenvalue weighted by Crippen LogP contribution is -2.48. The Morgan fingerprint density at radius 1 is 0.881 bits per heavy atom. The molecular formula is C34H24N2O6. The summed E-state index contributed by atoms with van der Waals surface area (Å²) in [5, 5.41) is 11.9. The predicted molar refractivity (Wildman–Crippen MR) is 156 cm³/mol. The molecule has 8 nitrogen and oxygen atoms in total. The fourth-order valence-corrected chi connectivity index (χ4v) is 7.05. The summed E-state index contributed by atoms with van der Waals surface area (Å²) >= 11 is 0. The van der Waals surface area contributed by atoms with Crippen LogP contribution < -0.4 is 9.64 Å². The first-order valence-electron chi connectivity index (χ1n) is 13.5. The van der Waals surface area contributed by atoms with Gasteiger partial charge in [-0.15, -0.1) is 0 Å². The van der Waals surface area contributed by atoms with Crippen LogP contribution in [0, 0.1) is 15.5 Å². The molecule has 7 rings (SSSR count). The molecular weight excluding hydrogens is 532 g/mol. The molecule has 3 aliphatic rings. The maximum absolute atomic E-state index is 14.7. The van der Waals surface area contributed by atoms with Gasteiger partial charge in [0.1, 0.15) is 17.2 Å². The number of hydrogen-bond acceptors (Lipinski definition) is 7. The number of methoxy groups -OCH3 is 1. The second-order valence-electron chi connectivity index (χ2n) is 10.7. The van der Waals surface area contributed by atoms with Gasteiger partial charge in [-0.2, -0.15) is 0 Å². The van der Waals surface area contributed by atoms with Gasteiger partial charge in [-0.3, -0.25) is 24.5 Å². The van der Waals surface area contributed by atoms with Gasteiger partial charge in [0.15, 0.2) is 17.3 Å². The van der Waals surface area contributed by atoms with Gasteiger partial charge in [-0.1, -0.05) is 66.7 Å². The molecule has 0 amide bonds.